The lowest BCUT2D eigenvalue weighted by Gasteiger charge is -2.34. The lowest BCUT2D eigenvalue weighted by molar-refractivity contribution is 0.00256. The minimum atomic E-state index is -0.321. The fourth-order valence-electron chi connectivity index (χ4n) is 2.89. The van der Waals surface area contributed by atoms with Gasteiger partial charge in [-0.3, -0.25) is 14.5 Å². The molecule has 0 bridgehead atoms. The van der Waals surface area contributed by atoms with Gasteiger partial charge in [0.25, 0.3) is 5.91 Å². The minimum absolute atomic E-state index is 0.253. The van der Waals surface area contributed by atoms with Crippen molar-refractivity contribution in [1.29, 1.82) is 0 Å². The second-order valence-electron chi connectivity index (χ2n) is 6.09. The van der Waals surface area contributed by atoms with Gasteiger partial charge in [-0.15, -0.1) is 11.3 Å². The summed E-state index contributed by atoms with van der Waals surface area (Å²) in [7, 11) is 7.33. The minimum Gasteiger partial charge on any atom is -0.381 e. The Kier molecular flexibility index (Phi) is 6.59. The summed E-state index contributed by atoms with van der Waals surface area (Å²) in [5.41, 5.74) is 2.21. The molecule has 0 saturated heterocycles. The quantitative estimate of drug-likeness (QED) is 0.672. The molecular formula is C19H22BN5O2S. The van der Waals surface area contributed by atoms with Gasteiger partial charge in [0.1, 0.15) is 11.4 Å². The van der Waals surface area contributed by atoms with Crippen molar-refractivity contribution in [2.24, 2.45) is 0 Å². The van der Waals surface area contributed by atoms with E-state index in [2.05, 4.69) is 20.4 Å². The average Bonchev–Trinajstić information content (AvgIpc) is 3.30. The molecular weight excluding hydrogens is 373 g/mol. The SMILES string of the molecule is CC.[B]c1nc(C(=O)Nc2cn(C3CC(OC)C3)nc2-c2ccccn2)cs1. The first kappa shape index (κ1) is 20.2. The maximum absolute atomic E-state index is 12.5. The smallest absolute Gasteiger partial charge is 0.275 e. The topological polar surface area (TPSA) is 81.9 Å². The van der Waals surface area contributed by atoms with E-state index in [9.17, 15) is 4.79 Å². The van der Waals surface area contributed by atoms with E-state index in [1.807, 2.05) is 42.9 Å². The summed E-state index contributed by atoms with van der Waals surface area (Å²) in [6, 6.07) is 5.84. The van der Waals surface area contributed by atoms with E-state index in [4.69, 9.17) is 12.6 Å². The largest absolute Gasteiger partial charge is 0.381 e. The number of anilines is 1. The van der Waals surface area contributed by atoms with E-state index in [0.717, 1.165) is 12.8 Å². The highest BCUT2D eigenvalue weighted by atomic mass is 32.1. The Hall–Kier alpha value is -2.52. The Balaban J connectivity index is 0.00000109. The standard InChI is InChI=1S/C17H16BN5O2S.C2H6/c1-25-11-6-10(7-11)23-8-13(15(22-23)12-4-2-3-5-19-12)20-16(24)14-9-26-17(18)21-14;1-2/h2-5,8-11H,6-7H2,1H3,(H,20,24);1-2H3. The molecule has 3 aromatic heterocycles. The number of rotatable bonds is 5. The van der Waals surface area contributed by atoms with Crippen LogP contribution in [0.3, 0.4) is 0 Å². The van der Waals surface area contributed by atoms with E-state index in [1.165, 1.54) is 11.3 Å². The van der Waals surface area contributed by atoms with Crippen molar-refractivity contribution < 1.29 is 9.53 Å². The molecule has 1 N–H and O–H groups in total. The number of aromatic nitrogens is 4. The van der Waals surface area contributed by atoms with Gasteiger partial charge >= 0.3 is 0 Å². The molecule has 1 saturated carbocycles. The second kappa shape index (κ2) is 9.12. The van der Waals surface area contributed by atoms with Crippen molar-refractivity contribution in [2.45, 2.75) is 38.8 Å². The molecule has 28 heavy (non-hydrogen) atoms. The summed E-state index contributed by atoms with van der Waals surface area (Å²) in [4.78, 5) is 21.2. The third kappa shape index (κ3) is 4.31. The van der Waals surface area contributed by atoms with Crippen LogP contribution >= 0.6 is 11.3 Å². The van der Waals surface area contributed by atoms with Gasteiger partial charge in [-0.05, 0) is 25.0 Å². The molecule has 9 heteroatoms. The molecule has 0 unspecified atom stereocenters. The van der Waals surface area contributed by atoms with Crippen LogP contribution in [0.5, 0.6) is 0 Å². The summed E-state index contributed by atoms with van der Waals surface area (Å²) in [5.74, 6) is -0.321. The lowest BCUT2D eigenvalue weighted by Crippen LogP contribution is -2.32. The zero-order valence-electron chi connectivity index (χ0n) is 16.1. The molecule has 1 amide bonds. The molecule has 0 atom stereocenters. The molecule has 1 fully saturated rings. The normalized spacial score (nSPS) is 18.0. The maximum Gasteiger partial charge on any atom is 0.275 e. The van der Waals surface area contributed by atoms with Crippen LogP contribution in [-0.2, 0) is 4.74 Å². The molecule has 0 spiro atoms. The van der Waals surface area contributed by atoms with Crippen molar-refractivity contribution >= 4 is 35.7 Å². The first-order chi connectivity index (χ1) is 13.6. The molecule has 144 valence electrons. The molecule has 4 rings (SSSR count). The number of hydrogen-bond donors (Lipinski definition) is 1. The Bertz CT molecular complexity index is 922. The summed E-state index contributed by atoms with van der Waals surface area (Å²) >= 11 is 1.23. The van der Waals surface area contributed by atoms with Gasteiger partial charge in [-0.1, -0.05) is 19.9 Å². The van der Waals surface area contributed by atoms with Crippen molar-refractivity contribution in [3.8, 4) is 11.4 Å². The van der Waals surface area contributed by atoms with Gasteiger partial charge in [-0.25, -0.2) is 4.98 Å². The van der Waals surface area contributed by atoms with E-state index in [-0.39, 0.29) is 23.7 Å². The Morgan fingerprint density at radius 2 is 2.14 bits per heavy atom. The van der Waals surface area contributed by atoms with Crippen LogP contribution in [0.15, 0.2) is 36.0 Å². The number of carbonyl (C=O) groups excluding carboxylic acids is 1. The predicted octanol–water partition coefficient (Wildman–Crippen LogP) is 2.82. The van der Waals surface area contributed by atoms with E-state index in [0.29, 0.717) is 22.0 Å². The van der Waals surface area contributed by atoms with Crippen molar-refractivity contribution in [3.05, 3.63) is 41.7 Å². The van der Waals surface area contributed by atoms with Gasteiger partial charge in [0, 0.05) is 29.8 Å². The number of nitrogens with zero attached hydrogens (tertiary/aromatic N) is 4. The van der Waals surface area contributed by atoms with Crippen LogP contribution in [-0.4, -0.2) is 46.7 Å². The van der Waals surface area contributed by atoms with Crippen molar-refractivity contribution in [2.75, 3.05) is 12.4 Å². The lowest BCUT2D eigenvalue weighted by atomic mass is 9.89. The second-order valence-corrected chi connectivity index (χ2v) is 6.98. The number of thiazole rings is 1. The summed E-state index contributed by atoms with van der Waals surface area (Å²) in [6.07, 6.45) is 5.60. The Labute approximate surface area is 169 Å². The molecule has 1 aliphatic rings. The van der Waals surface area contributed by atoms with Gasteiger partial charge in [0.2, 0.25) is 0 Å². The number of nitrogens with one attached hydrogen (secondary N) is 1. The van der Waals surface area contributed by atoms with Crippen LogP contribution in [0.1, 0.15) is 43.2 Å². The van der Waals surface area contributed by atoms with Crippen LogP contribution < -0.4 is 10.2 Å². The number of hydrogen-bond acceptors (Lipinski definition) is 6. The van der Waals surface area contributed by atoms with Crippen LogP contribution in [0.4, 0.5) is 5.69 Å². The molecule has 2 radical (unpaired) electrons. The molecule has 1 aliphatic carbocycles. The van der Waals surface area contributed by atoms with Gasteiger partial charge < -0.3 is 10.1 Å². The maximum atomic E-state index is 12.5. The molecule has 3 heterocycles. The number of amides is 1. The number of pyridine rings is 1. The highest BCUT2D eigenvalue weighted by Crippen LogP contribution is 2.36. The van der Waals surface area contributed by atoms with Crippen molar-refractivity contribution in [3.63, 3.8) is 0 Å². The zero-order chi connectivity index (χ0) is 20.1. The Morgan fingerprint density at radius 1 is 1.36 bits per heavy atom. The summed E-state index contributed by atoms with van der Waals surface area (Å²) in [6.45, 7) is 4.00. The van der Waals surface area contributed by atoms with Crippen LogP contribution in [0.2, 0.25) is 0 Å². The van der Waals surface area contributed by atoms with E-state index >= 15 is 0 Å². The monoisotopic (exact) mass is 395 g/mol. The van der Waals surface area contributed by atoms with Gasteiger partial charge in [-0.2, -0.15) is 5.10 Å². The first-order valence-corrected chi connectivity index (χ1v) is 10.1. The first-order valence-electron chi connectivity index (χ1n) is 9.19. The van der Waals surface area contributed by atoms with Crippen LogP contribution in [0.25, 0.3) is 11.4 Å². The number of ether oxygens (including phenoxy) is 1. The fourth-order valence-corrected chi connectivity index (χ4v) is 3.43. The van der Waals surface area contributed by atoms with Gasteiger partial charge in [0.15, 0.2) is 7.85 Å². The summed E-state index contributed by atoms with van der Waals surface area (Å²) in [5, 5.41) is 9.18. The third-order valence-corrected chi connectivity index (χ3v) is 5.09. The number of methoxy groups -OCH3 is 1. The molecule has 0 aromatic carbocycles. The zero-order valence-corrected chi connectivity index (χ0v) is 16.9. The molecule has 3 aromatic rings. The van der Waals surface area contributed by atoms with E-state index in [1.54, 1.807) is 18.7 Å². The highest BCUT2D eigenvalue weighted by Gasteiger charge is 2.32. The van der Waals surface area contributed by atoms with Crippen LogP contribution in [0, 0.1) is 0 Å². The highest BCUT2D eigenvalue weighted by molar-refractivity contribution is 7.17. The summed E-state index contributed by atoms with van der Waals surface area (Å²) < 4.78 is 7.22. The third-order valence-electron chi connectivity index (χ3n) is 4.42. The fraction of sp³-hybridized carbons (Fsp3) is 0.368. The number of carbonyl (C=O) groups is 1. The van der Waals surface area contributed by atoms with E-state index < -0.39 is 0 Å². The van der Waals surface area contributed by atoms with Crippen molar-refractivity contribution in [1.82, 2.24) is 19.7 Å². The Morgan fingerprint density at radius 3 is 2.75 bits per heavy atom. The molecule has 0 aliphatic heterocycles. The predicted molar refractivity (Wildman–Crippen MR) is 111 cm³/mol. The average molecular weight is 395 g/mol. The molecule has 7 nitrogen and oxygen atoms in total. The van der Waals surface area contributed by atoms with Gasteiger partial charge in [0.05, 0.1) is 23.5 Å².